The van der Waals surface area contributed by atoms with Crippen molar-refractivity contribution < 1.29 is 13.2 Å². The van der Waals surface area contributed by atoms with Crippen LogP contribution in [0, 0.1) is 6.92 Å². The van der Waals surface area contributed by atoms with Gasteiger partial charge in [-0.1, -0.05) is 42.0 Å². The van der Waals surface area contributed by atoms with Gasteiger partial charge in [-0.3, -0.25) is 0 Å². The summed E-state index contributed by atoms with van der Waals surface area (Å²) in [5.41, 5.74) is 4.02. The van der Waals surface area contributed by atoms with E-state index in [4.69, 9.17) is 4.74 Å². The normalized spacial score (nSPS) is 13.7. The minimum Gasteiger partial charge on any atom is -0.493 e. The molecule has 1 aliphatic rings. The van der Waals surface area contributed by atoms with Crippen LogP contribution >= 0.6 is 0 Å². The Morgan fingerprint density at radius 1 is 1.09 bits per heavy atom. The van der Waals surface area contributed by atoms with Crippen molar-refractivity contribution in [3.05, 3.63) is 64.7 Å². The SMILES string of the molecule is Cc1ccc(CS(=O)(=O)NCc2ccc3c(c2)CCO3)cc1. The second-order valence-electron chi connectivity index (χ2n) is 5.61. The first-order valence-electron chi connectivity index (χ1n) is 7.29. The minimum atomic E-state index is -3.34. The molecule has 0 saturated heterocycles. The van der Waals surface area contributed by atoms with Crippen molar-refractivity contribution in [3.8, 4) is 5.75 Å². The molecule has 5 heteroatoms. The van der Waals surface area contributed by atoms with E-state index in [9.17, 15) is 8.42 Å². The van der Waals surface area contributed by atoms with E-state index < -0.39 is 10.0 Å². The van der Waals surface area contributed by atoms with E-state index >= 15 is 0 Å². The third-order valence-corrected chi connectivity index (χ3v) is 5.02. The monoisotopic (exact) mass is 317 g/mol. The average molecular weight is 317 g/mol. The molecule has 0 radical (unpaired) electrons. The molecule has 0 aliphatic carbocycles. The van der Waals surface area contributed by atoms with Gasteiger partial charge in [-0.05, 0) is 29.7 Å². The number of hydrogen-bond acceptors (Lipinski definition) is 3. The molecule has 0 spiro atoms. The van der Waals surface area contributed by atoms with Crippen LogP contribution in [0.25, 0.3) is 0 Å². The highest BCUT2D eigenvalue weighted by atomic mass is 32.2. The Morgan fingerprint density at radius 3 is 2.59 bits per heavy atom. The van der Waals surface area contributed by atoms with Gasteiger partial charge in [0.15, 0.2) is 0 Å². The summed E-state index contributed by atoms with van der Waals surface area (Å²) in [4.78, 5) is 0. The number of benzene rings is 2. The molecule has 1 heterocycles. The van der Waals surface area contributed by atoms with Gasteiger partial charge in [-0.2, -0.15) is 0 Å². The molecule has 0 unspecified atom stereocenters. The molecule has 22 heavy (non-hydrogen) atoms. The number of aryl methyl sites for hydroxylation is 1. The van der Waals surface area contributed by atoms with Gasteiger partial charge in [0.05, 0.1) is 12.4 Å². The molecule has 0 fully saturated rings. The Balaban J connectivity index is 1.63. The summed E-state index contributed by atoms with van der Waals surface area (Å²) in [5, 5.41) is 0. The molecule has 2 aromatic carbocycles. The van der Waals surface area contributed by atoms with Gasteiger partial charge in [0.2, 0.25) is 10.0 Å². The molecule has 1 aliphatic heterocycles. The van der Waals surface area contributed by atoms with Crippen LogP contribution in [0.3, 0.4) is 0 Å². The number of rotatable bonds is 5. The molecule has 1 N–H and O–H groups in total. The van der Waals surface area contributed by atoms with Gasteiger partial charge < -0.3 is 4.74 Å². The molecule has 0 aromatic heterocycles. The van der Waals surface area contributed by atoms with Crippen molar-refractivity contribution in [1.82, 2.24) is 4.72 Å². The van der Waals surface area contributed by atoms with Crippen LogP contribution in [0.2, 0.25) is 0 Å². The van der Waals surface area contributed by atoms with E-state index in [-0.39, 0.29) is 5.75 Å². The quantitative estimate of drug-likeness (QED) is 0.922. The fraction of sp³-hybridized carbons (Fsp3) is 0.294. The van der Waals surface area contributed by atoms with Crippen LogP contribution in [0.5, 0.6) is 5.75 Å². The maximum atomic E-state index is 12.2. The van der Waals surface area contributed by atoms with Crippen LogP contribution in [-0.4, -0.2) is 15.0 Å². The zero-order chi connectivity index (χ0) is 15.6. The molecule has 0 bridgehead atoms. The lowest BCUT2D eigenvalue weighted by Crippen LogP contribution is -2.24. The lowest BCUT2D eigenvalue weighted by Gasteiger charge is -2.08. The van der Waals surface area contributed by atoms with Gasteiger partial charge in [-0.25, -0.2) is 13.1 Å². The highest BCUT2D eigenvalue weighted by Gasteiger charge is 2.14. The molecule has 2 aromatic rings. The maximum Gasteiger partial charge on any atom is 0.216 e. The molecular weight excluding hydrogens is 298 g/mol. The Bertz CT molecular complexity index is 767. The Kier molecular flexibility index (Phi) is 4.18. The van der Waals surface area contributed by atoms with Gasteiger partial charge in [0.1, 0.15) is 5.75 Å². The predicted octanol–water partition coefficient (Wildman–Crippen LogP) is 2.55. The summed E-state index contributed by atoms with van der Waals surface area (Å²) < 4.78 is 32.4. The van der Waals surface area contributed by atoms with E-state index in [1.165, 1.54) is 0 Å². The molecular formula is C17H19NO3S. The number of hydrogen-bond donors (Lipinski definition) is 1. The highest BCUT2D eigenvalue weighted by Crippen LogP contribution is 2.25. The standard InChI is InChI=1S/C17H19NO3S/c1-13-2-4-14(5-3-13)12-22(19,20)18-11-15-6-7-17-16(10-15)8-9-21-17/h2-7,10,18H,8-9,11-12H2,1H3. The molecule has 3 rings (SSSR count). The first-order chi connectivity index (χ1) is 10.5. The van der Waals surface area contributed by atoms with Crippen LogP contribution in [-0.2, 0) is 28.7 Å². The Hall–Kier alpha value is -1.85. The molecule has 116 valence electrons. The van der Waals surface area contributed by atoms with E-state index in [1.54, 1.807) is 0 Å². The summed E-state index contributed by atoms with van der Waals surface area (Å²) >= 11 is 0. The van der Waals surface area contributed by atoms with E-state index in [0.29, 0.717) is 13.2 Å². The first kappa shape index (κ1) is 15.1. The molecule has 0 saturated carbocycles. The largest absolute Gasteiger partial charge is 0.493 e. The lowest BCUT2D eigenvalue weighted by molar-refractivity contribution is 0.357. The van der Waals surface area contributed by atoms with Crippen molar-refractivity contribution in [1.29, 1.82) is 0 Å². The number of sulfonamides is 1. The fourth-order valence-electron chi connectivity index (χ4n) is 2.50. The molecule has 0 atom stereocenters. The van der Waals surface area contributed by atoms with Crippen molar-refractivity contribution in [2.45, 2.75) is 25.6 Å². The van der Waals surface area contributed by atoms with Crippen LogP contribution in [0.4, 0.5) is 0 Å². The van der Waals surface area contributed by atoms with Crippen LogP contribution in [0.1, 0.15) is 22.3 Å². The zero-order valence-corrected chi connectivity index (χ0v) is 13.3. The summed E-state index contributed by atoms with van der Waals surface area (Å²) in [6.45, 7) is 2.99. The van der Waals surface area contributed by atoms with Crippen LogP contribution in [0.15, 0.2) is 42.5 Å². The summed E-state index contributed by atoms with van der Waals surface area (Å²) in [6.07, 6.45) is 0.888. The van der Waals surface area contributed by atoms with Gasteiger partial charge in [-0.15, -0.1) is 0 Å². The van der Waals surface area contributed by atoms with E-state index in [1.807, 2.05) is 49.4 Å². The van der Waals surface area contributed by atoms with Crippen molar-refractivity contribution in [2.75, 3.05) is 6.61 Å². The van der Waals surface area contributed by atoms with Gasteiger partial charge >= 0.3 is 0 Å². The Labute approximate surface area is 131 Å². The molecule has 0 amide bonds. The lowest BCUT2D eigenvalue weighted by atomic mass is 10.1. The van der Waals surface area contributed by atoms with E-state index in [2.05, 4.69) is 4.72 Å². The third-order valence-electron chi connectivity index (χ3n) is 3.73. The smallest absolute Gasteiger partial charge is 0.216 e. The summed E-state index contributed by atoms with van der Waals surface area (Å²) in [5.74, 6) is 0.910. The highest BCUT2D eigenvalue weighted by molar-refractivity contribution is 7.88. The first-order valence-corrected chi connectivity index (χ1v) is 8.94. The number of nitrogens with one attached hydrogen (secondary N) is 1. The van der Waals surface area contributed by atoms with Crippen molar-refractivity contribution in [3.63, 3.8) is 0 Å². The maximum absolute atomic E-state index is 12.2. The van der Waals surface area contributed by atoms with Gasteiger partial charge in [0, 0.05) is 13.0 Å². The minimum absolute atomic E-state index is 0.00132. The van der Waals surface area contributed by atoms with E-state index in [0.717, 1.165) is 34.4 Å². The number of ether oxygens (including phenoxy) is 1. The third kappa shape index (κ3) is 3.67. The zero-order valence-electron chi connectivity index (χ0n) is 12.5. The van der Waals surface area contributed by atoms with Crippen molar-refractivity contribution >= 4 is 10.0 Å². The predicted molar refractivity (Wildman–Crippen MR) is 86.3 cm³/mol. The fourth-order valence-corrected chi connectivity index (χ4v) is 3.62. The Morgan fingerprint density at radius 2 is 1.82 bits per heavy atom. The number of fused-ring (bicyclic) bond motifs is 1. The average Bonchev–Trinajstić information content (AvgIpc) is 2.95. The summed E-state index contributed by atoms with van der Waals surface area (Å²) in [6, 6.07) is 13.4. The van der Waals surface area contributed by atoms with Crippen LogP contribution < -0.4 is 9.46 Å². The second-order valence-corrected chi connectivity index (χ2v) is 7.41. The van der Waals surface area contributed by atoms with Crippen molar-refractivity contribution in [2.24, 2.45) is 0 Å². The molecule has 4 nitrogen and oxygen atoms in total. The summed E-state index contributed by atoms with van der Waals surface area (Å²) in [7, 11) is -3.34. The topological polar surface area (TPSA) is 55.4 Å². The second kappa shape index (κ2) is 6.10. The van der Waals surface area contributed by atoms with Gasteiger partial charge in [0.25, 0.3) is 0 Å².